The van der Waals surface area contributed by atoms with Gasteiger partial charge in [0.2, 0.25) is 0 Å². The minimum absolute atomic E-state index is 0.00714. The van der Waals surface area contributed by atoms with Crippen molar-refractivity contribution >= 4 is 34.8 Å². The molecule has 0 unspecified atom stereocenters. The predicted molar refractivity (Wildman–Crippen MR) is 101 cm³/mol. The van der Waals surface area contributed by atoms with Gasteiger partial charge in [0, 0.05) is 17.8 Å². The molecule has 1 N–H and O–H groups in total. The van der Waals surface area contributed by atoms with Gasteiger partial charge < -0.3 is 10.1 Å². The summed E-state index contributed by atoms with van der Waals surface area (Å²) in [6.07, 6.45) is -4.66. The molecule has 0 radical (unpaired) electrons. The number of benzene rings is 2. The molecule has 2 aromatic carbocycles. The Bertz CT molecular complexity index is 1040. The number of carbonyl (C=O) groups is 1. The Hall–Kier alpha value is -2.62. The van der Waals surface area contributed by atoms with E-state index in [2.05, 4.69) is 15.6 Å². The Morgan fingerprint density at radius 2 is 1.86 bits per heavy atom. The number of nitrogens with one attached hydrogen (secondary N) is 1. The van der Waals surface area contributed by atoms with Gasteiger partial charge in [0.1, 0.15) is 5.69 Å². The molecule has 1 aromatic heterocycles. The lowest BCUT2D eigenvalue weighted by atomic mass is 10.2. The maximum Gasteiger partial charge on any atom is 0.417 e. The maximum atomic E-state index is 13.0. The number of hydrogen-bond donors (Lipinski definition) is 1. The molecule has 1 heterocycles. The summed E-state index contributed by atoms with van der Waals surface area (Å²) in [4.78, 5) is 12.6. The summed E-state index contributed by atoms with van der Waals surface area (Å²) in [7, 11) is 1.43. The van der Waals surface area contributed by atoms with Crippen LogP contribution in [0.4, 0.5) is 18.9 Å². The number of hydrogen-bond acceptors (Lipinski definition) is 4. The van der Waals surface area contributed by atoms with Crippen LogP contribution in [0.25, 0.3) is 5.69 Å². The van der Waals surface area contributed by atoms with Crippen LogP contribution in [0, 0.1) is 0 Å². The second-order valence-electron chi connectivity index (χ2n) is 5.85. The van der Waals surface area contributed by atoms with Gasteiger partial charge in [0.05, 0.1) is 22.9 Å². The molecule has 11 heteroatoms. The van der Waals surface area contributed by atoms with Crippen molar-refractivity contribution in [2.45, 2.75) is 12.8 Å². The van der Waals surface area contributed by atoms with Crippen LogP contribution in [0.15, 0.2) is 42.5 Å². The lowest BCUT2D eigenvalue weighted by molar-refractivity contribution is -0.137. The van der Waals surface area contributed by atoms with E-state index in [4.69, 9.17) is 27.9 Å². The molecule has 0 saturated heterocycles. The minimum Gasteiger partial charge on any atom is -0.378 e. The number of halogens is 5. The van der Waals surface area contributed by atoms with E-state index in [0.29, 0.717) is 16.4 Å². The zero-order valence-electron chi connectivity index (χ0n) is 14.8. The second-order valence-corrected chi connectivity index (χ2v) is 6.70. The van der Waals surface area contributed by atoms with E-state index < -0.39 is 22.7 Å². The van der Waals surface area contributed by atoms with E-state index in [1.165, 1.54) is 17.9 Å². The molecule has 152 valence electrons. The van der Waals surface area contributed by atoms with Crippen LogP contribution in [0.1, 0.15) is 21.7 Å². The van der Waals surface area contributed by atoms with E-state index in [0.717, 1.165) is 12.1 Å². The summed E-state index contributed by atoms with van der Waals surface area (Å²) in [5.74, 6) is -0.743. The van der Waals surface area contributed by atoms with E-state index in [1.54, 1.807) is 24.3 Å². The van der Waals surface area contributed by atoms with Crippen molar-refractivity contribution in [2.24, 2.45) is 0 Å². The van der Waals surface area contributed by atoms with Crippen LogP contribution in [0.2, 0.25) is 10.0 Å². The first-order valence-electron chi connectivity index (χ1n) is 8.08. The summed E-state index contributed by atoms with van der Waals surface area (Å²) in [5.41, 5.74) is -0.337. The third-order valence-electron chi connectivity index (χ3n) is 3.86. The van der Waals surface area contributed by atoms with Gasteiger partial charge in [-0.05, 0) is 42.5 Å². The first-order valence-corrected chi connectivity index (χ1v) is 8.84. The number of nitrogens with zero attached hydrogens (tertiary/aromatic N) is 3. The highest BCUT2D eigenvalue weighted by molar-refractivity contribution is 6.31. The monoisotopic (exact) mass is 444 g/mol. The van der Waals surface area contributed by atoms with E-state index in [9.17, 15) is 18.0 Å². The number of anilines is 1. The number of methoxy groups -OCH3 is 1. The van der Waals surface area contributed by atoms with Gasteiger partial charge in [-0.25, -0.2) is 4.68 Å². The smallest absolute Gasteiger partial charge is 0.378 e. The number of rotatable bonds is 5. The number of carbonyl (C=O) groups excluding carboxylic acids is 1. The van der Waals surface area contributed by atoms with Crippen LogP contribution in [0.5, 0.6) is 0 Å². The van der Waals surface area contributed by atoms with Gasteiger partial charge in [-0.1, -0.05) is 28.4 Å². The van der Waals surface area contributed by atoms with Gasteiger partial charge >= 0.3 is 6.18 Å². The van der Waals surface area contributed by atoms with Gasteiger partial charge in [-0.2, -0.15) is 13.2 Å². The number of alkyl halides is 3. The van der Waals surface area contributed by atoms with E-state index >= 15 is 0 Å². The van der Waals surface area contributed by atoms with E-state index in [-0.39, 0.29) is 18.0 Å². The number of aromatic nitrogens is 3. The summed E-state index contributed by atoms with van der Waals surface area (Å²) < 4.78 is 45.6. The number of ether oxygens (including phenoxy) is 1. The third kappa shape index (κ3) is 4.69. The fourth-order valence-electron chi connectivity index (χ4n) is 2.54. The van der Waals surface area contributed by atoms with Crippen molar-refractivity contribution in [1.82, 2.24) is 15.0 Å². The molecule has 0 spiro atoms. The van der Waals surface area contributed by atoms with Crippen molar-refractivity contribution in [3.05, 3.63) is 69.5 Å². The molecule has 0 aliphatic rings. The minimum atomic E-state index is -4.66. The summed E-state index contributed by atoms with van der Waals surface area (Å²) in [6.45, 7) is -0.00714. The fraction of sp³-hybridized carbons (Fsp3) is 0.167. The number of amides is 1. The average Bonchev–Trinajstić information content (AvgIpc) is 3.07. The Morgan fingerprint density at radius 3 is 2.48 bits per heavy atom. The van der Waals surface area contributed by atoms with Crippen molar-refractivity contribution in [2.75, 3.05) is 12.4 Å². The highest BCUT2D eigenvalue weighted by Gasteiger charge is 2.33. The first kappa shape index (κ1) is 21.1. The Balaban J connectivity index is 1.93. The average molecular weight is 445 g/mol. The summed E-state index contributed by atoms with van der Waals surface area (Å²) in [5, 5.41) is 10.2. The Labute approximate surface area is 173 Å². The molecule has 0 aliphatic carbocycles. The normalized spacial score (nSPS) is 11.5. The SMILES string of the molecule is COCc1c(C(=O)Nc2ccc(Cl)c(C(F)(F)F)c2)nnn1-c1ccc(Cl)cc1. The highest BCUT2D eigenvalue weighted by atomic mass is 35.5. The quantitative estimate of drug-likeness (QED) is 0.601. The predicted octanol–water partition coefficient (Wildman–Crippen LogP) is 4.99. The van der Waals surface area contributed by atoms with Crippen molar-refractivity contribution < 1.29 is 22.7 Å². The third-order valence-corrected chi connectivity index (χ3v) is 4.44. The fourth-order valence-corrected chi connectivity index (χ4v) is 2.90. The summed E-state index contributed by atoms with van der Waals surface area (Å²) in [6, 6.07) is 9.69. The van der Waals surface area contributed by atoms with Gasteiger partial charge in [0.25, 0.3) is 5.91 Å². The van der Waals surface area contributed by atoms with Crippen LogP contribution in [0.3, 0.4) is 0 Å². The summed E-state index contributed by atoms with van der Waals surface area (Å²) >= 11 is 11.5. The molecule has 0 fully saturated rings. The molecule has 3 aromatic rings. The van der Waals surface area contributed by atoms with Crippen LogP contribution < -0.4 is 5.32 Å². The highest BCUT2D eigenvalue weighted by Crippen LogP contribution is 2.36. The van der Waals surface area contributed by atoms with E-state index in [1.807, 2.05) is 0 Å². The standard InChI is InChI=1S/C18H13Cl2F3N4O2/c1-29-9-15-16(25-26-27(15)12-5-2-10(19)3-6-12)17(28)24-11-4-7-14(20)13(8-11)18(21,22)23/h2-8H,9H2,1H3,(H,24,28). The molecule has 0 saturated carbocycles. The lowest BCUT2D eigenvalue weighted by Gasteiger charge is -2.12. The molecule has 6 nitrogen and oxygen atoms in total. The van der Waals surface area contributed by atoms with Crippen molar-refractivity contribution in [1.29, 1.82) is 0 Å². The van der Waals surface area contributed by atoms with Crippen molar-refractivity contribution in [3.63, 3.8) is 0 Å². The molecule has 0 aliphatic heterocycles. The van der Waals surface area contributed by atoms with Crippen molar-refractivity contribution in [3.8, 4) is 5.69 Å². The lowest BCUT2D eigenvalue weighted by Crippen LogP contribution is -2.16. The zero-order valence-corrected chi connectivity index (χ0v) is 16.3. The molecular weight excluding hydrogens is 432 g/mol. The Morgan fingerprint density at radius 1 is 1.17 bits per heavy atom. The molecule has 0 bridgehead atoms. The van der Waals surface area contributed by atoms with Gasteiger partial charge in [-0.3, -0.25) is 4.79 Å². The molecule has 0 atom stereocenters. The van der Waals surface area contributed by atoms with Crippen LogP contribution in [-0.4, -0.2) is 28.0 Å². The van der Waals surface area contributed by atoms with Gasteiger partial charge in [-0.15, -0.1) is 5.10 Å². The van der Waals surface area contributed by atoms with Crippen LogP contribution >= 0.6 is 23.2 Å². The topological polar surface area (TPSA) is 69.0 Å². The van der Waals surface area contributed by atoms with Crippen LogP contribution in [-0.2, 0) is 17.5 Å². The second kappa shape index (κ2) is 8.40. The zero-order chi connectivity index (χ0) is 21.2. The largest absolute Gasteiger partial charge is 0.417 e. The Kier molecular flexibility index (Phi) is 6.11. The first-order chi connectivity index (χ1) is 13.7. The van der Waals surface area contributed by atoms with Gasteiger partial charge in [0.15, 0.2) is 5.69 Å². The molecule has 29 heavy (non-hydrogen) atoms. The molecule has 3 rings (SSSR count). The maximum absolute atomic E-state index is 13.0. The molecule has 1 amide bonds. The molecular formula is C18H13Cl2F3N4O2.